The van der Waals surface area contributed by atoms with Crippen LogP contribution in [-0.2, 0) is 4.74 Å². The van der Waals surface area contributed by atoms with Crippen molar-refractivity contribution in [3.63, 3.8) is 0 Å². The van der Waals surface area contributed by atoms with Crippen LogP contribution in [0.25, 0.3) is 0 Å². The summed E-state index contributed by atoms with van der Waals surface area (Å²) in [6.45, 7) is 2.56. The summed E-state index contributed by atoms with van der Waals surface area (Å²) in [7, 11) is 1.42. The Bertz CT molecular complexity index is 131. The Morgan fingerprint density at radius 2 is 2.00 bits per heavy atom. The molecule has 2 nitrogen and oxygen atoms in total. The van der Waals surface area contributed by atoms with Crippen LogP contribution in [0.1, 0.15) is 13.3 Å². The molecule has 0 aliphatic heterocycles. The molecule has 0 N–H and O–H groups in total. The summed E-state index contributed by atoms with van der Waals surface area (Å²) >= 11 is -1.78. The molecule has 0 saturated carbocycles. The Kier molecular flexibility index (Phi) is 5.26. The Morgan fingerprint density at radius 3 is 2.36 bits per heavy atom. The fraction of sp³-hybridized carbons (Fsp3) is 0.857. The van der Waals surface area contributed by atoms with Crippen LogP contribution in [-0.4, -0.2) is 24.0 Å². The van der Waals surface area contributed by atoms with Crippen molar-refractivity contribution in [3.8, 4) is 0 Å². The number of hydrogen-bond donors (Lipinski definition) is 0. The quantitative estimate of drug-likeness (QED) is 0.557. The first-order valence-corrected chi connectivity index (χ1v) is 13.5. The number of carbonyl (C=O) groups excluding carboxylic acids is 1. The molecule has 0 atom stereocenters. The van der Waals surface area contributed by atoms with Gasteiger partial charge in [0.1, 0.15) is 0 Å². The third-order valence-corrected chi connectivity index (χ3v) is 6.61. The zero-order valence-electron chi connectivity index (χ0n) is 7.64. The second kappa shape index (κ2) is 5.09. The van der Waals surface area contributed by atoms with Crippen molar-refractivity contribution >= 4 is 27.5 Å². The number of hydrogen-bond acceptors (Lipinski definition) is 3. The Morgan fingerprint density at radius 1 is 1.45 bits per heavy atom. The molecule has 0 unspecified atom stereocenters. The molecule has 0 heterocycles. The molecule has 4 heteroatoms. The average molecular weight is 237 g/mol. The van der Waals surface area contributed by atoms with Crippen LogP contribution < -0.4 is 0 Å². The van der Waals surface area contributed by atoms with Crippen LogP contribution >= 0.6 is 10.1 Å². The summed E-state index contributed by atoms with van der Waals surface area (Å²) in [5.41, 5.74) is 0. The molecule has 0 fully saturated rings. The molecule has 0 bridgehead atoms. The van der Waals surface area contributed by atoms with E-state index in [9.17, 15) is 4.79 Å². The standard InChI is InChI=1S/C7H16GeO2S/c1-5-6-10-7(9)11-8(2,3)4/h5-6H2,1-4H3. The Labute approximate surface area is 74.4 Å². The van der Waals surface area contributed by atoms with Crippen molar-refractivity contribution in [1.82, 2.24) is 0 Å². The van der Waals surface area contributed by atoms with Gasteiger partial charge in [0.2, 0.25) is 0 Å². The van der Waals surface area contributed by atoms with E-state index in [0.717, 1.165) is 6.42 Å². The number of ether oxygens (including phenoxy) is 1. The van der Waals surface area contributed by atoms with Crippen LogP contribution in [0.2, 0.25) is 17.3 Å². The number of rotatable bonds is 3. The fourth-order valence-corrected chi connectivity index (χ4v) is 4.63. The first-order chi connectivity index (χ1) is 4.95. The molecule has 0 spiro atoms. The monoisotopic (exact) mass is 238 g/mol. The summed E-state index contributed by atoms with van der Waals surface area (Å²) in [5, 5.41) is -0.0839. The minimum absolute atomic E-state index is 0.0839. The van der Waals surface area contributed by atoms with Crippen LogP contribution in [0.4, 0.5) is 4.79 Å². The molecule has 0 amide bonds. The van der Waals surface area contributed by atoms with Gasteiger partial charge in [0.05, 0.1) is 0 Å². The van der Waals surface area contributed by atoms with E-state index in [4.69, 9.17) is 4.74 Å². The van der Waals surface area contributed by atoms with E-state index >= 15 is 0 Å². The van der Waals surface area contributed by atoms with Crippen molar-refractivity contribution in [2.75, 3.05) is 6.61 Å². The third kappa shape index (κ3) is 8.27. The maximum atomic E-state index is 11.0. The number of carbonyl (C=O) groups is 1. The normalized spacial score (nSPS) is 11.3. The van der Waals surface area contributed by atoms with Crippen molar-refractivity contribution in [3.05, 3.63) is 0 Å². The van der Waals surface area contributed by atoms with E-state index in [1.807, 2.05) is 6.92 Å². The molecule has 0 saturated heterocycles. The summed E-state index contributed by atoms with van der Waals surface area (Å²) < 4.78 is 4.94. The molecule has 66 valence electrons. The molecule has 0 aromatic rings. The second-order valence-electron chi connectivity index (χ2n) is 3.31. The van der Waals surface area contributed by atoms with Crippen molar-refractivity contribution < 1.29 is 9.53 Å². The van der Waals surface area contributed by atoms with Gasteiger partial charge >= 0.3 is 74.3 Å². The van der Waals surface area contributed by atoms with Gasteiger partial charge < -0.3 is 0 Å². The van der Waals surface area contributed by atoms with E-state index in [1.54, 1.807) is 0 Å². The van der Waals surface area contributed by atoms with Gasteiger partial charge in [-0.05, 0) is 0 Å². The fourth-order valence-electron chi connectivity index (χ4n) is 0.465. The van der Waals surface area contributed by atoms with Crippen molar-refractivity contribution in [1.29, 1.82) is 0 Å². The van der Waals surface area contributed by atoms with Crippen LogP contribution in [0.5, 0.6) is 0 Å². The Hall–Kier alpha value is 0.363. The summed E-state index contributed by atoms with van der Waals surface area (Å²) in [4.78, 5) is 11.0. The van der Waals surface area contributed by atoms with Crippen LogP contribution in [0.15, 0.2) is 0 Å². The van der Waals surface area contributed by atoms with Gasteiger partial charge in [-0.2, -0.15) is 0 Å². The summed E-state index contributed by atoms with van der Waals surface area (Å²) in [6, 6.07) is 0. The van der Waals surface area contributed by atoms with E-state index < -0.39 is 12.1 Å². The SMILES string of the molecule is CCCOC(=O)[S][Ge]([CH3])([CH3])[CH3]. The van der Waals surface area contributed by atoms with E-state index in [0.29, 0.717) is 6.61 Å². The maximum absolute atomic E-state index is 11.0. The van der Waals surface area contributed by atoms with E-state index in [1.165, 1.54) is 10.1 Å². The predicted molar refractivity (Wildman–Crippen MR) is 52.6 cm³/mol. The zero-order valence-corrected chi connectivity index (χ0v) is 10.6. The Balaban J connectivity index is 3.53. The van der Waals surface area contributed by atoms with Gasteiger partial charge in [0.15, 0.2) is 0 Å². The van der Waals surface area contributed by atoms with Gasteiger partial charge in [0.25, 0.3) is 0 Å². The summed E-state index contributed by atoms with van der Waals surface area (Å²) in [5.74, 6) is 6.54. The zero-order chi connectivity index (χ0) is 8.91. The van der Waals surface area contributed by atoms with Crippen molar-refractivity contribution in [2.45, 2.75) is 30.6 Å². The molecular formula is C7H16GeO2S. The van der Waals surface area contributed by atoms with Gasteiger partial charge in [-0.1, -0.05) is 0 Å². The molecule has 0 aromatic heterocycles. The van der Waals surface area contributed by atoms with Gasteiger partial charge in [0, 0.05) is 0 Å². The van der Waals surface area contributed by atoms with Gasteiger partial charge in [-0.15, -0.1) is 0 Å². The summed E-state index contributed by atoms with van der Waals surface area (Å²) in [6.07, 6.45) is 0.906. The van der Waals surface area contributed by atoms with Crippen LogP contribution in [0, 0.1) is 0 Å². The topological polar surface area (TPSA) is 26.3 Å². The third-order valence-electron chi connectivity index (χ3n) is 0.814. The first kappa shape index (κ1) is 11.4. The second-order valence-corrected chi connectivity index (χ2v) is 20.4. The molecule has 0 aromatic carbocycles. The van der Waals surface area contributed by atoms with Gasteiger partial charge in [-0.3, -0.25) is 0 Å². The van der Waals surface area contributed by atoms with E-state index in [-0.39, 0.29) is 5.30 Å². The van der Waals surface area contributed by atoms with E-state index in [2.05, 4.69) is 17.3 Å². The molecular weight excluding hydrogens is 221 g/mol. The molecule has 0 aliphatic rings. The molecule has 0 radical (unpaired) electrons. The average Bonchev–Trinajstić information content (AvgIpc) is 1.79. The first-order valence-electron chi connectivity index (χ1n) is 3.81. The van der Waals surface area contributed by atoms with Gasteiger partial charge in [-0.25, -0.2) is 0 Å². The van der Waals surface area contributed by atoms with Crippen LogP contribution in [0.3, 0.4) is 0 Å². The molecule has 0 aliphatic carbocycles. The van der Waals surface area contributed by atoms with Crippen molar-refractivity contribution in [2.24, 2.45) is 0 Å². The minimum atomic E-state index is -1.78. The molecule has 0 rings (SSSR count). The predicted octanol–water partition coefficient (Wildman–Crippen LogP) is 3.10. The molecule has 11 heavy (non-hydrogen) atoms.